The van der Waals surface area contributed by atoms with Crippen LogP contribution in [0.5, 0.6) is 5.75 Å². The van der Waals surface area contributed by atoms with Crippen molar-refractivity contribution in [3.05, 3.63) is 71.8 Å². The molecule has 0 radical (unpaired) electrons. The molecule has 1 atom stereocenters. The Hall–Kier alpha value is -3.28. The maximum atomic E-state index is 13.0. The van der Waals surface area contributed by atoms with E-state index in [0.717, 1.165) is 23.8 Å². The molecule has 35 heavy (non-hydrogen) atoms. The van der Waals surface area contributed by atoms with E-state index >= 15 is 0 Å². The fourth-order valence-corrected chi connectivity index (χ4v) is 4.33. The predicted octanol–water partition coefficient (Wildman–Crippen LogP) is 4.41. The molecule has 0 amide bonds. The number of sulfonamides is 1. The van der Waals surface area contributed by atoms with E-state index in [2.05, 4.69) is 15.0 Å². The highest BCUT2D eigenvalue weighted by atomic mass is 32.2. The summed E-state index contributed by atoms with van der Waals surface area (Å²) in [6.07, 6.45) is -4.20. The van der Waals surface area contributed by atoms with Gasteiger partial charge in [0, 0.05) is 41.1 Å². The maximum Gasteiger partial charge on any atom is 0.416 e. The molecule has 4 rings (SSSR count). The Kier molecular flexibility index (Phi) is 6.93. The zero-order valence-electron chi connectivity index (χ0n) is 18.7. The van der Waals surface area contributed by atoms with Gasteiger partial charge in [-0.3, -0.25) is 4.72 Å². The highest BCUT2D eigenvalue weighted by molar-refractivity contribution is 7.92. The van der Waals surface area contributed by atoms with Crippen molar-refractivity contribution in [2.75, 3.05) is 30.7 Å². The number of aromatic amines is 1. The minimum absolute atomic E-state index is 0.230. The van der Waals surface area contributed by atoms with Gasteiger partial charge in [-0.15, -0.1) is 0 Å². The molecule has 4 aromatic rings. The molecule has 11 heteroatoms. The first-order valence-corrected chi connectivity index (χ1v) is 12.6. The molecule has 0 aliphatic rings. The summed E-state index contributed by atoms with van der Waals surface area (Å²) in [5.41, 5.74) is 1.29. The number of aliphatic hydroxyl groups excluding tert-OH is 1. The normalized spacial score (nSPS) is 13.3. The topological polar surface area (TPSA) is 103 Å². The number of anilines is 1. The summed E-state index contributed by atoms with van der Waals surface area (Å²) in [6, 6.07) is 15.4. The predicted molar refractivity (Wildman–Crippen MR) is 129 cm³/mol. The number of hydrogen-bond acceptors (Lipinski definition) is 5. The van der Waals surface area contributed by atoms with Gasteiger partial charge in [-0.1, -0.05) is 18.2 Å². The fraction of sp³-hybridized carbons (Fsp3) is 0.250. The van der Waals surface area contributed by atoms with Crippen molar-refractivity contribution in [3.8, 4) is 5.75 Å². The minimum Gasteiger partial charge on any atom is -0.492 e. The third-order valence-corrected chi connectivity index (χ3v) is 5.96. The molecule has 1 unspecified atom stereocenters. The summed E-state index contributed by atoms with van der Waals surface area (Å²) >= 11 is 0. The van der Waals surface area contributed by atoms with Crippen LogP contribution in [0.1, 0.15) is 17.2 Å². The molecule has 186 valence electrons. The number of aromatic nitrogens is 1. The van der Waals surface area contributed by atoms with Crippen LogP contribution in [0, 0.1) is 0 Å². The molecule has 0 fully saturated rings. The van der Waals surface area contributed by atoms with Crippen molar-refractivity contribution in [1.29, 1.82) is 0 Å². The largest absolute Gasteiger partial charge is 0.492 e. The lowest BCUT2D eigenvalue weighted by Gasteiger charge is -2.14. The van der Waals surface area contributed by atoms with Gasteiger partial charge in [-0.25, -0.2) is 8.42 Å². The minimum atomic E-state index is -4.41. The van der Waals surface area contributed by atoms with Gasteiger partial charge < -0.3 is 20.1 Å². The Bertz CT molecular complexity index is 1450. The van der Waals surface area contributed by atoms with Crippen molar-refractivity contribution in [3.63, 3.8) is 0 Å². The average Bonchev–Trinajstić information content (AvgIpc) is 3.14. The SMILES string of the molecule is CS(=O)(=O)Nc1cccc(C(O)CNCCOc2ccc3c(c2)[nH]c2cc(C(F)(F)F)ccc23)c1. The molecule has 7 nitrogen and oxygen atoms in total. The molecular formula is C24H24F3N3O4S. The number of benzene rings is 3. The van der Waals surface area contributed by atoms with Crippen molar-refractivity contribution in [1.82, 2.24) is 10.3 Å². The van der Waals surface area contributed by atoms with Crippen LogP contribution >= 0.6 is 0 Å². The summed E-state index contributed by atoms with van der Waals surface area (Å²) in [7, 11) is -3.41. The Morgan fingerprint density at radius 3 is 2.46 bits per heavy atom. The average molecular weight is 508 g/mol. The second-order valence-corrected chi connectivity index (χ2v) is 9.91. The van der Waals surface area contributed by atoms with Gasteiger partial charge in [-0.05, 0) is 42.0 Å². The molecular weight excluding hydrogens is 483 g/mol. The number of H-pyrrole nitrogens is 1. The van der Waals surface area contributed by atoms with Gasteiger partial charge in [0.25, 0.3) is 0 Å². The lowest BCUT2D eigenvalue weighted by atomic mass is 10.1. The maximum absolute atomic E-state index is 13.0. The van der Waals surface area contributed by atoms with Crippen molar-refractivity contribution >= 4 is 37.5 Å². The van der Waals surface area contributed by atoms with Crippen LogP contribution in [0.3, 0.4) is 0 Å². The summed E-state index contributed by atoms with van der Waals surface area (Å²) in [6.45, 7) is 0.957. The lowest BCUT2D eigenvalue weighted by molar-refractivity contribution is -0.137. The van der Waals surface area contributed by atoms with E-state index in [9.17, 15) is 26.7 Å². The van der Waals surface area contributed by atoms with Gasteiger partial charge in [0.1, 0.15) is 12.4 Å². The number of nitrogens with one attached hydrogen (secondary N) is 3. The number of alkyl halides is 3. The second-order valence-electron chi connectivity index (χ2n) is 8.16. The first-order chi connectivity index (χ1) is 16.5. The first kappa shape index (κ1) is 24.8. The Morgan fingerprint density at radius 2 is 1.74 bits per heavy atom. The summed E-state index contributed by atoms with van der Waals surface area (Å²) in [4.78, 5) is 3.01. The molecule has 0 aliphatic heterocycles. The Morgan fingerprint density at radius 1 is 1.03 bits per heavy atom. The number of aliphatic hydroxyl groups is 1. The zero-order chi connectivity index (χ0) is 25.2. The van der Waals surface area contributed by atoms with Crippen molar-refractivity contribution < 1.29 is 31.4 Å². The summed E-state index contributed by atoms with van der Waals surface area (Å²) in [5.74, 6) is 0.557. The van der Waals surface area contributed by atoms with E-state index in [1.807, 2.05) is 0 Å². The smallest absolute Gasteiger partial charge is 0.416 e. The van der Waals surface area contributed by atoms with Gasteiger partial charge in [-0.2, -0.15) is 13.2 Å². The van der Waals surface area contributed by atoms with E-state index in [4.69, 9.17) is 4.74 Å². The van der Waals surface area contributed by atoms with Crippen molar-refractivity contribution in [2.24, 2.45) is 0 Å². The highest BCUT2D eigenvalue weighted by Crippen LogP contribution is 2.34. The van der Waals surface area contributed by atoms with E-state index in [0.29, 0.717) is 46.6 Å². The Labute approximate surface area is 200 Å². The van der Waals surface area contributed by atoms with E-state index < -0.39 is 27.9 Å². The fourth-order valence-electron chi connectivity index (χ4n) is 3.78. The van der Waals surface area contributed by atoms with Crippen LogP contribution in [0.15, 0.2) is 60.7 Å². The summed E-state index contributed by atoms with van der Waals surface area (Å²) < 4.78 is 69.8. The third-order valence-electron chi connectivity index (χ3n) is 5.36. The Balaban J connectivity index is 1.31. The molecule has 0 saturated heterocycles. The van der Waals surface area contributed by atoms with Crippen LogP contribution < -0.4 is 14.8 Å². The number of fused-ring (bicyclic) bond motifs is 3. The molecule has 1 heterocycles. The number of halogens is 3. The van der Waals surface area contributed by atoms with Crippen LogP contribution in [-0.4, -0.2) is 44.5 Å². The van der Waals surface area contributed by atoms with Crippen LogP contribution in [0.2, 0.25) is 0 Å². The number of ether oxygens (including phenoxy) is 1. The monoisotopic (exact) mass is 507 g/mol. The standard InChI is InChI=1S/C24H24F3N3O4S/c1-35(32,33)30-17-4-2-3-15(11-17)23(31)14-28-9-10-34-18-6-8-20-19-7-5-16(24(25,26)27)12-21(19)29-22(20)13-18/h2-8,11-13,23,28-31H,9-10,14H2,1H3. The van der Waals surface area contributed by atoms with E-state index in [1.165, 1.54) is 6.07 Å². The van der Waals surface area contributed by atoms with Crippen LogP contribution in [0.25, 0.3) is 21.8 Å². The van der Waals surface area contributed by atoms with Gasteiger partial charge >= 0.3 is 6.18 Å². The van der Waals surface area contributed by atoms with Gasteiger partial charge in [0.15, 0.2) is 0 Å². The van der Waals surface area contributed by atoms with Crippen LogP contribution in [-0.2, 0) is 16.2 Å². The number of hydrogen-bond donors (Lipinski definition) is 4. The molecule has 0 saturated carbocycles. The van der Waals surface area contributed by atoms with Crippen LogP contribution in [0.4, 0.5) is 18.9 Å². The molecule has 0 aliphatic carbocycles. The molecule has 4 N–H and O–H groups in total. The summed E-state index contributed by atoms with van der Waals surface area (Å²) in [5, 5.41) is 14.9. The van der Waals surface area contributed by atoms with Gasteiger partial charge in [0.2, 0.25) is 10.0 Å². The highest BCUT2D eigenvalue weighted by Gasteiger charge is 2.30. The molecule has 3 aromatic carbocycles. The molecule has 0 spiro atoms. The molecule has 0 bridgehead atoms. The lowest BCUT2D eigenvalue weighted by Crippen LogP contribution is -2.26. The quantitative estimate of drug-likeness (QED) is 0.251. The second kappa shape index (κ2) is 9.76. The van der Waals surface area contributed by atoms with Crippen molar-refractivity contribution in [2.45, 2.75) is 12.3 Å². The number of rotatable bonds is 9. The van der Waals surface area contributed by atoms with E-state index in [-0.39, 0.29) is 6.54 Å². The third kappa shape index (κ3) is 6.24. The first-order valence-electron chi connectivity index (χ1n) is 10.7. The zero-order valence-corrected chi connectivity index (χ0v) is 19.5. The van der Waals surface area contributed by atoms with E-state index in [1.54, 1.807) is 42.5 Å². The molecule has 1 aromatic heterocycles. The van der Waals surface area contributed by atoms with Gasteiger partial charge in [0.05, 0.1) is 23.4 Å².